The number of aromatic nitrogens is 1. The van der Waals surface area contributed by atoms with Gasteiger partial charge in [-0.05, 0) is 42.8 Å². The molecule has 2 heterocycles. The molecule has 1 fully saturated rings. The van der Waals surface area contributed by atoms with Gasteiger partial charge in [-0.25, -0.2) is 4.98 Å². The van der Waals surface area contributed by atoms with Crippen molar-refractivity contribution >= 4 is 17.2 Å². The lowest BCUT2D eigenvalue weighted by molar-refractivity contribution is 0.775. The maximum Gasteiger partial charge on any atom is 0.129 e. The van der Waals surface area contributed by atoms with Crippen LogP contribution in [0.25, 0.3) is 0 Å². The van der Waals surface area contributed by atoms with Crippen LogP contribution in [0.3, 0.4) is 0 Å². The predicted octanol–water partition coefficient (Wildman–Crippen LogP) is 3.33. The molecule has 0 radical (unpaired) electrons. The van der Waals surface area contributed by atoms with Crippen LogP contribution in [0.5, 0.6) is 0 Å². The second-order valence-electron chi connectivity index (χ2n) is 5.18. The second-order valence-corrected chi connectivity index (χ2v) is 6.21. The Labute approximate surface area is 118 Å². The number of pyridine rings is 1. The van der Waals surface area contributed by atoms with E-state index in [1.165, 1.54) is 17.7 Å². The largest absolute Gasteiger partial charge is 0.348 e. The smallest absolute Gasteiger partial charge is 0.129 e. The highest BCUT2D eigenvalue weighted by molar-refractivity contribution is 7.09. The average Bonchev–Trinajstić information content (AvgIpc) is 3.13. The molecule has 2 aromatic rings. The van der Waals surface area contributed by atoms with Gasteiger partial charge in [-0.15, -0.1) is 11.3 Å². The Kier molecular flexibility index (Phi) is 3.53. The fourth-order valence-corrected chi connectivity index (χ4v) is 2.89. The van der Waals surface area contributed by atoms with Crippen LogP contribution in [0.15, 0.2) is 35.8 Å². The van der Waals surface area contributed by atoms with Gasteiger partial charge in [0.15, 0.2) is 0 Å². The van der Waals surface area contributed by atoms with Crippen LogP contribution in [0.2, 0.25) is 0 Å². The Morgan fingerprint density at radius 2 is 2.26 bits per heavy atom. The molecule has 1 aliphatic carbocycles. The van der Waals surface area contributed by atoms with Gasteiger partial charge < -0.3 is 10.6 Å². The fourth-order valence-electron chi connectivity index (χ4n) is 2.19. The van der Waals surface area contributed by atoms with E-state index in [0.29, 0.717) is 6.04 Å². The molecule has 4 heteroatoms. The maximum atomic E-state index is 5.87. The summed E-state index contributed by atoms with van der Waals surface area (Å²) in [6.07, 6.45) is 4.47. The third-order valence-electron chi connectivity index (χ3n) is 3.48. The van der Waals surface area contributed by atoms with Gasteiger partial charge in [0.05, 0.1) is 6.54 Å². The second kappa shape index (κ2) is 5.31. The van der Waals surface area contributed by atoms with Crippen molar-refractivity contribution in [1.82, 2.24) is 4.98 Å². The van der Waals surface area contributed by atoms with Crippen molar-refractivity contribution in [1.29, 1.82) is 0 Å². The quantitative estimate of drug-likeness (QED) is 0.908. The Balaban J connectivity index is 1.79. The molecular weight excluding hydrogens is 254 g/mol. The Morgan fingerprint density at radius 1 is 1.42 bits per heavy atom. The summed E-state index contributed by atoms with van der Waals surface area (Å²) in [5.74, 6) is 1.07. The van der Waals surface area contributed by atoms with Crippen molar-refractivity contribution in [3.05, 3.63) is 46.3 Å². The molecular formula is C15H19N3S. The van der Waals surface area contributed by atoms with Crippen molar-refractivity contribution in [3.63, 3.8) is 0 Å². The van der Waals surface area contributed by atoms with E-state index in [1.54, 1.807) is 0 Å². The third kappa shape index (κ3) is 2.96. The van der Waals surface area contributed by atoms with E-state index in [1.807, 2.05) is 24.5 Å². The number of thiophene rings is 1. The molecule has 1 aliphatic rings. The summed E-state index contributed by atoms with van der Waals surface area (Å²) in [5, 5.41) is 2.13. The molecule has 0 bridgehead atoms. The molecule has 100 valence electrons. The van der Waals surface area contributed by atoms with Gasteiger partial charge >= 0.3 is 0 Å². The molecule has 19 heavy (non-hydrogen) atoms. The molecule has 1 saturated carbocycles. The van der Waals surface area contributed by atoms with Crippen molar-refractivity contribution < 1.29 is 0 Å². The zero-order valence-corrected chi connectivity index (χ0v) is 11.9. The molecule has 0 aromatic carbocycles. The summed E-state index contributed by atoms with van der Waals surface area (Å²) in [5.41, 5.74) is 6.96. The fraction of sp³-hybridized carbons (Fsp3) is 0.400. The number of hydrogen-bond acceptors (Lipinski definition) is 4. The summed E-state index contributed by atoms with van der Waals surface area (Å²) >= 11 is 1.81. The summed E-state index contributed by atoms with van der Waals surface area (Å²) in [4.78, 5) is 8.40. The first-order chi connectivity index (χ1) is 9.24. The van der Waals surface area contributed by atoms with Gasteiger partial charge in [-0.2, -0.15) is 0 Å². The first-order valence-electron chi connectivity index (χ1n) is 6.74. The topological polar surface area (TPSA) is 42.1 Å². The lowest BCUT2D eigenvalue weighted by Gasteiger charge is -2.23. The number of nitrogens with two attached hydrogens (primary N) is 1. The highest BCUT2D eigenvalue weighted by Gasteiger charge is 2.30. The number of nitrogens with zero attached hydrogens (tertiary/aromatic N) is 2. The third-order valence-corrected chi connectivity index (χ3v) is 4.35. The molecule has 0 amide bonds. The van der Waals surface area contributed by atoms with Gasteiger partial charge in [-0.1, -0.05) is 12.1 Å². The SMILES string of the molecule is C[C@H](N)c1ccc(N(Cc2cccs2)C2CC2)nc1. The molecule has 3 rings (SSSR count). The minimum Gasteiger partial charge on any atom is -0.348 e. The number of anilines is 1. The predicted molar refractivity (Wildman–Crippen MR) is 80.4 cm³/mol. The normalized spacial score (nSPS) is 16.3. The Morgan fingerprint density at radius 3 is 2.79 bits per heavy atom. The zero-order chi connectivity index (χ0) is 13.2. The van der Waals surface area contributed by atoms with E-state index >= 15 is 0 Å². The summed E-state index contributed by atoms with van der Waals surface area (Å²) in [7, 11) is 0. The van der Waals surface area contributed by atoms with Gasteiger partial charge in [-0.3, -0.25) is 0 Å². The lowest BCUT2D eigenvalue weighted by atomic mass is 10.1. The molecule has 0 saturated heterocycles. The minimum atomic E-state index is 0.0493. The van der Waals surface area contributed by atoms with E-state index in [-0.39, 0.29) is 6.04 Å². The van der Waals surface area contributed by atoms with Crippen LogP contribution >= 0.6 is 11.3 Å². The summed E-state index contributed by atoms with van der Waals surface area (Å²) < 4.78 is 0. The highest BCUT2D eigenvalue weighted by Crippen LogP contribution is 2.32. The van der Waals surface area contributed by atoms with Crippen LogP contribution in [-0.4, -0.2) is 11.0 Å². The summed E-state index contributed by atoms with van der Waals surface area (Å²) in [6.45, 7) is 2.95. The number of rotatable bonds is 5. The molecule has 3 nitrogen and oxygen atoms in total. The van der Waals surface area contributed by atoms with Gasteiger partial charge in [0.1, 0.15) is 5.82 Å². The van der Waals surface area contributed by atoms with E-state index in [0.717, 1.165) is 17.9 Å². The van der Waals surface area contributed by atoms with Gasteiger partial charge in [0.2, 0.25) is 0 Å². The van der Waals surface area contributed by atoms with Gasteiger partial charge in [0, 0.05) is 23.2 Å². The van der Waals surface area contributed by atoms with Crippen LogP contribution in [0.1, 0.15) is 36.2 Å². The van der Waals surface area contributed by atoms with Crippen molar-refractivity contribution in [3.8, 4) is 0 Å². The van der Waals surface area contributed by atoms with E-state index in [4.69, 9.17) is 5.73 Å². The van der Waals surface area contributed by atoms with Crippen LogP contribution < -0.4 is 10.6 Å². The number of hydrogen-bond donors (Lipinski definition) is 1. The van der Waals surface area contributed by atoms with E-state index in [2.05, 4.69) is 39.5 Å². The van der Waals surface area contributed by atoms with Crippen molar-refractivity contribution in [2.75, 3.05) is 4.90 Å². The molecule has 1 atom stereocenters. The van der Waals surface area contributed by atoms with Gasteiger partial charge in [0.25, 0.3) is 0 Å². The minimum absolute atomic E-state index is 0.0493. The van der Waals surface area contributed by atoms with E-state index < -0.39 is 0 Å². The Bertz CT molecular complexity index is 515. The Hall–Kier alpha value is -1.39. The highest BCUT2D eigenvalue weighted by atomic mass is 32.1. The maximum absolute atomic E-state index is 5.87. The van der Waals surface area contributed by atoms with Crippen LogP contribution in [0.4, 0.5) is 5.82 Å². The van der Waals surface area contributed by atoms with Crippen LogP contribution in [-0.2, 0) is 6.54 Å². The molecule has 2 aromatic heterocycles. The molecule has 0 aliphatic heterocycles. The average molecular weight is 273 g/mol. The zero-order valence-electron chi connectivity index (χ0n) is 11.1. The lowest BCUT2D eigenvalue weighted by Crippen LogP contribution is -2.25. The summed E-state index contributed by atoms with van der Waals surface area (Å²) in [6, 6.07) is 9.21. The monoisotopic (exact) mass is 273 g/mol. The van der Waals surface area contributed by atoms with Crippen molar-refractivity contribution in [2.24, 2.45) is 5.73 Å². The van der Waals surface area contributed by atoms with Crippen LogP contribution in [0, 0.1) is 0 Å². The standard InChI is InChI=1S/C15H19N3S/c1-11(16)12-4-7-15(17-9-12)18(13-5-6-13)10-14-3-2-8-19-14/h2-4,7-9,11,13H,5-6,10,16H2,1H3/t11-/m0/s1. The van der Waals surface area contributed by atoms with Crippen molar-refractivity contribution in [2.45, 2.75) is 38.4 Å². The molecule has 0 spiro atoms. The molecule has 2 N–H and O–H groups in total. The first-order valence-corrected chi connectivity index (χ1v) is 7.62. The van der Waals surface area contributed by atoms with E-state index in [9.17, 15) is 0 Å². The molecule has 0 unspecified atom stereocenters. The first kappa shape index (κ1) is 12.6.